The number of hydrogen-bond donors (Lipinski definition) is 1. The fourth-order valence-electron chi connectivity index (χ4n) is 1.99. The third-order valence-electron chi connectivity index (χ3n) is 2.89. The van der Waals surface area contributed by atoms with E-state index >= 15 is 0 Å². The highest BCUT2D eigenvalue weighted by Crippen LogP contribution is 2.24. The molecular weight excluding hydrogens is 286 g/mol. The van der Waals surface area contributed by atoms with Crippen LogP contribution in [0.1, 0.15) is 31.1 Å². The third kappa shape index (κ3) is 3.36. The van der Waals surface area contributed by atoms with Crippen LogP contribution in [0.2, 0.25) is 0 Å². The first kappa shape index (κ1) is 15.8. The monoisotopic (exact) mass is 305 g/mol. The average molecular weight is 305 g/mol. The Morgan fingerprint density at radius 2 is 1.95 bits per heavy atom. The first-order valence-corrected chi connectivity index (χ1v) is 6.76. The predicted octanol–water partition coefficient (Wildman–Crippen LogP) is 2.71. The van der Waals surface area contributed by atoms with Crippen molar-refractivity contribution in [2.24, 2.45) is 7.05 Å². The van der Waals surface area contributed by atoms with E-state index in [4.69, 9.17) is 9.47 Å². The summed E-state index contributed by atoms with van der Waals surface area (Å²) in [5.41, 5.74) is 0.531. The summed E-state index contributed by atoms with van der Waals surface area (Å²) < 4.78 is 11.5. The van der Waals surface area contributed by atoms with E-state index in [1.165, 1.54) is 7.11 Å². The van der Waals surface area contributed by atoms with Gasteiger partial charge in [0.1, 0.15) is 5.60 Å². The highest BCUT2D eigenvalue weighted by atomic mass is 16.6. The van der Waals surface area contributed by atoms with Gasteiger partial charge in [0.15, 0.2) is 5.82 Å². The van der Waals surface area contributed by atoms with Crippen LogP contribution < -0.4 is 5.32 Å². The molecule has 1 heterocycles. The van der Waals surface area contributed by atoms with Crippen LogP contribution in [0, 0.1) is 0 Å². The number of amides is 1. The van der Waals surface area contributed by atoms with Gasteiger partial charge in [-0.15, -0.1) is 0 Å². The number of nitrogens with one attached hydrogen (secondary N) is 1. The molecule has 0 atom stereocenters. The van der Waals surface area contributed by atoms with Crippen molar-refractivity contribution in [2.45, 2.75) is 26.4 Å². The van der Waals surface area contributed by atoms with Gasteiger partial charge in [-0.3, -0.25) is 10.00 Å². The summed E-state index contributed by atoms with van der Waals surface area (Å²) in [5, 5.41) is 7.56. The fraction of sp³-hybridized carbons (Fsp3) is 0.400. The quantitative estimate of drug-likeness (QED) is 0.863. The zero-order chi connectivity index (χ0) is 16.5. The normalized spacial score (nSPS) is 11.3. The second kappa shape index (κ2) is 5.67. The van der Waals surface area contributed by atoms with E-state index < -0.39 is 17.7 Å². The number of ether oxygens (including phenoxy) is 2. The van der Waals surface area contributed by atoms with Gasteiger partial charge in [0.05, 0.1) is 18.2 Å². The summed E-state index contributed by atoms with van der Waals surface area (Å²) in [6.45, 7) is 5.35. The maximum absolute atomic E-state index is 11.8. The van der Waals surface area contributed by atoms with Crippen LogP contribution in [0.3, 0.4) is 0 Å². The van der Waals surface area contributed by atoms with Crippen molar-refractivity contribution in [1.29, 1.82) is 0 Å². The molecule has 0 saturated heterocycles. The van der Waals surface area contributed by atoms with Gasteiger partial charge in [-0.25, -0.2) is 9.59 Å². The van der Waals surface area contributed by atoms with Gasteiger partial charge in [-0.05, 0) is 39.0 Å². The van der Waals surface area contributed by atoms with Crippen molar-refractivity contribution in [3.8, 4) is 0 Å². The van der Waals surface area contributed by atoms with E-state index in [0.717, 1.165) is 0 Å². The number of methoxy groups -OCH3 is 1. The molecular formula is C15H19N3O4. The van der Waals surface area contributed by atoms with E-state index in [2.05, 4.69) is 10.4 Å². The van der Waals surface area contributed by atoms with Crippen molar-refractivity contribution in [3.05, 3.63) is 23.8 Å². The molecule has 0 aliphatic carbocycles. The number of aromatic nitrogens is 2. The van der Waals surface area contributed by atoms with E-state index in [9.17, 15) is 9.59 Å². The van der Waals surface area contributed by atoms with Crippen LogP contribution in [0.4, 0.5) is 10.6 Å². The van der Waals surface area contributed by atoms with Gasteiger partial charge in [-0.1, -0.05) is 0 Å². The molecule has 0 radical (unpaired) electrons. The Balaban J connectivity index is 2.33. The number of carbonyl (C=O) groups is 2. The Labute approximate surface area is 128 Å². The van der Waals surface area contributed by atoms with Crippen molar-refractivity contribution in [1.82, 2.24) is 9.78 Å². The van der Waals surface area contributed by atoms with Gasteiger partial charge in [0, 0.05) is 12.4 Å². The number of hydrogen-bond acceptors (Lipinski definition) is 5. The van der Waals surface area contributed by atoms with E-state index in [0.29, 0.717) is 22.3 Å². The summed E-state index contributed by atoms with van der Waals surface area (Å²) in [5.74, 6) is -0.0482. The predicted molar refractivity (Wildman–Crippen MR) is 81.9 cm³/mol. The first-order chi connectivity index (χ1) is 10.2. The van der Waals surface area contributed by atoms with Crippen molar-refractivity contribution in [2.75, 3.05) is 12.4 Å². The van der Waals surface area contributed by atoms with Crippen molar-refractivity contribution < 1.29 is 19.1 Å². The molecule has 0 saturated carbocycles. The molecule has 7 nitrogen and oxygen atoms in total. The Kier molecular flexibility index (Phi) is 4.07. The molecule has 0 aliphatic heterocycles. The maximum Gasteiger partial charge on any atom is 0.413 e. The van der Waals surface area contributed by atoms with Crippen LogP contribution in [0.25, 0.3) is 10.9 Å². The fourth-order valence-corrected chi connectivity index (χ4v) is 1.99. The van der Waals surface area contributed by atoms with Crippen LogP contribution in [-0.2, 0) is 16.5 Å². The SMILES string of the molecule is COC(=O)c1ccc2c(NC(=O)OC(C)(C)C)nn(C)c2c1. The van der Waals surface area contributed by atoms with Gasteiger partial charge >= 0.3 is 12.1 Å². The molecule has 22 heavy (non-hydrogen) atoms. The van der Waals surface area contributed by atoms with Gasteiger partial charge in [-0.2, -0.15) is 5.10 Å². The maximum atomic E-state index is 11.8. The van der Waals surface area contributed by atoms with Gasteiger partial charge in [0.25, 0.3) is 0 Å². The van der Waals surface area contributed by atoms with Crippen LogP contribution in [-0.4, -0.2) is 34.6 Å². The lowest BCUT2D eigenvalue weighted by Crippen LogP contribution is -2.27. The van der Waals surface area contributed by atoms with Gasteiger partial charge < -0.3 is 9.47 Å². The topological polar surface area (TPSA) is 82.4 Å². The number of esters is 1. The number of rotatable bonds is 2. The second-order valence-electron chi connectivity index (χ2n) is 5.82. The largest absolute Gasteiger partial charge is 0.465 e. The standard InChI is InChI=1S/C15H19N3O4/c1-15(2,3)22-14(20)16-12-10-7-6-9(13(19)21-5)8-11(10)18(4)17-12/h6-8H,1-5H3,(H,16,17,20). The summed E-state index contributed by atoms with van der Waals surface area (Å²) in [6.07, 6.45) is -0.579. The molecule has 0 spiro atoms. The number of carbonyl (C=O) groups excluding carboxylic acids is 2. The molecule has 2 aromatic rings. The average Bonchev–Trinajstić information content (AvgIpc) is 2.72. The Morgan fingerprint density at radius 3 is 2.55 bits per heavy atom. The zero-order valence-corrected chi connectivity index (χ0v) is 13.3. The second-order valence-corrected chi connectivity index (χ2v) is 5.82. The third-order valence-corrected chi connectivity index (χ3v) is 2.89. The molecule has 1 amide bonds. The Bertz CT molecular complexity index is 728. The lowest BCUT2D eigenvalue weighted by Gasteiger charge is -2.19. The Hall–Kier alpha value is -2.57. The molecule has 1 aromatic carbocycles. The minimum Gasteiger partial charge on any atom is -0.465 e. The van der Waals surface area contributed by atoms with Crippen LogP contribution in [0.5, 0.6) is 0 Å². The molecule has 0 bridgehead atoms. The minimum absolute atomic E-state index is 0.378. The molecule has 2 rings (SSSR count). The molecule has 0 fully saturated rings. The van der Waals surface area contributed by atoms with E-state index in [1.54, 1.807) is 50.7 Å². The van der Waals surface area contributed by atoms with E-state index in [-0.39, 0.29) is 0 Å². The minimum atomic E-state index is -0.591. The number of fused-ring (bicyclic) bond motifs is 1. The van der Waals surface area contributed by atoms with E-state index in [1.807, 2.05) is 0 Å². The smallest absolute Gasteiger partial charge is 0.413 e. The summed E-state index contributed by atoms with van der Waals surface area (Å²) in [4.78, 5) is 23.4. The molecule has 118 valence electrons. The number of nitrogens with zero attached hydrogens (tertiary/aromatic N) is 2. The van der Waals surface area contributed by atoms with Crippen LogP contribution in [0.15, 0.2) is 18.2 Å². The molecule has 1 aromatic heterocycles. The van der Waals surface area contributed by atoms with Crippen LogP contribution >= 0.6 is 0 Å². The molecule has 7 heteroatoms. The first-order valence-electron chi connectivity index (χ1n) is 6.76. The number of anilines is 1. The lowest BCUT2D eigenvalue weighted by molar-refractivity contribution is 0.0598. The Morgan fingerprint density at radius 1 is 1.27 bits per heavy atom. The summed E-state index contributed by atoms with van der Waals surface area (Å²) in [7, 11) is 3.05. The molecule has 1 N–H and O–H groups in total. The number of aryl methyl sites for hydroxylation is 1. The summed E-state index contributed by atoms with van der Waals surface area (Å²) in [6, 6.07) is 4.99. The van der Waals surface area contributed by atoms with Gasteiger partial charge in [0.2, 0.25) is 0 Å². The number of benzene rings is 1. The molecule has 0 aliphatic rings. The summed E-state index contributed by atoms with van der Waals surface area (Å²) >= 11 is 0. The zero-order valence-electron chi connectivity index (χ0n) is 13.3. The highest BCUT2D eigenvalue weighted by molar-refractivity contribution is 6.01. The molecule has 0 unspecified atom stereocenters. The highest BCUT2D eigenvalue weighted by Gasteiger charge is 2.19. The van der Waals surface area contributed by atoms with Crippen molar-refractivity contribution in [3.63, 3.8) is 0 Å². The van der Waals surface area contributed by atoms with Crippen molar-refractivity contribution >= 4 is 28.8 Å². The lowest BCUT2D eigenvalue weighted by atomic mass is 10.1.